The number of hydrogen-bond acceptors (Lipinski definition) is 3. The summed E-state index contributed by atoms with van der Waals surface area (Å²) in [5.41, 5.74) is 0. The van der Waals surface area contributed by atoms with Gasteiger partial charge in [0.25, 0.3) is 0 Å². The van der Waals surface area contributed by atoms with Crippen LogP contribution in [0.15, 0.2) is 0 Å². The Balaban J connectivity index is 3.24. The molecular formula is C13H31N3P+. The Kier molecular flexibility index (Phi) is 4.99. The molecule has 3 nitrogen and oxygen atoms in total. The van der Waals surface area contributed by atoms with Crippen LogP contribution in [0.2, 0.25) is 0 Å². The Labute approximate surface area is 109 Å². The normalized spacial score (nSPS) is 23.3. The zero-order valence-electron chi connectivity index (χ0n) is 12.8. The van der Waals surface area contributed by atoms with Crippen molar-refractivity contribution in [3.05, 3.63) is 0 Å². The van der Waals surface area contributed by atoms with Gasteiger partial charge in [0, 0.05) is 40.3 Å². The highest BCUT2D eigenvalue weighted by Crippen LogP contribution is 2.75. The highest BCUT2D eigenvalue weighted by molar-refractivity contribution is 7.70. The summed E-state index contributed by atoms with van der Waals surface area (Å²) in [7, 11) is 3.29. The minimum absolute atomic E-state index is 0.322. The van der Waals surface area contributed by atoms with E-state index in [1.165, 1.54) is 19.5 Å². The molecular weight excluding hydrogens is 229 g/mol. The molecule has 0 aromatic rings. The van der Waals surface area contributed by atoms with Gasteiger partial charge in [-0.3, -0.25) is 0 Å². The SMILES string of the molecule is CCN(CC)[P+]1(C(C)(C)C)N(C)CCCN1C. The first-order valence-electron chi connectivity index (χ1n) is 6.90. The summed E-state index contributed by atoms with van der Waals surface area (Å²) in [5.74, 6) is 0. The van der Waals surface area contributed by atoms with Gasteiger partial charge in [0.05, 0.1) is 0 Å². The van der Waals surface area contributed by atoms with Gasteiger partial charge in [-0.2, -0.15) is 9.34 Å². The predicted molar refractivity (Wildman–Crippen MR) is 79.5 cm³/mol. The van der Waals surface area contributed by atoms with Crippen molar-refractivity contribution in [1.82, 2.24) is 14.0 Å². The summed E-state index contributed by atoms with van der Waals surface area (Å²) in [6.45, 7) is 16.6. The van der Waals surface area contributed by atoms with Crippen molar-refractivity contribution in [3.63, 3.8) is 0 Å². The fraction of sp³-hybridized carbons (Fsp3) is 1.00. The topological polar surface area (TPSA) is 9.72 Å². The van der Waals surface area contributed by atoms with Gasteiger partial charge in [-0.25, -0.2) is 0 Å². The van der Waals surface area contributed by atoms with Crippen molar-refractivity contribution >= 4 is 7.71 Å². The third kappa shape index (κ3) is 2.40. The van der Waals surface area contributed by atoms with Gasteiger partial charge in [0.1, 0.15) is 5.16 Å². The van der Waals surface area contributed by atoms with E-state index in [1.807, 2.05) is 0 Å². The minimum Gasteiger partial charge on any atom is -0.151 e. The van der Waals surface area contributed by atoms with Crippen molar-refractivity contribution in [2.24, 2.45) is 0 Å². The lowest BCUT2D eigenvalue weighted by Crippen LogP contribution is -2.53. The standard InChI is InChI=1S/C13H31N3P/c1-8-16(9-2)17(13(3,4)5)14(6)11-10-12-15(17)7/h8-12H2,1-7H3/q+1. The first kappa shape index (κ1) is 15.4. The highest BCUT2D eigenvalue weighted by Gasteiger charge is 2.62. The molecule has 0 aliphatic carbocycles. The Bertz CT molecular complexity index is 236. The number of hydrogen-bond donors (Lipinski definition) is 0. The first-order chi connectivity index (χ1) is 7.82. The fourth-order valence-electron chi connectivity index (χ4n) is 3.57. The Morgan fingerprint density at radius 2 is 1.41 bits per heavy atom. The van der Waals surface area contributed by atoms with Gasteiger partial charge in [-0.15, -0.1) is 4.67 Å². The second kappa shape index (κ2) is 5.52. The van der Waals surface area contributed by atoms with E-state index in [9.17, 15) is 0 Å². The Hall–Kier alpha value is 0.310. The van der Waals surface area contributed by atoms with Crippen molar-refractivity contribution in [2.75, 3.05) is 40.3 Å². The second-order valence-corrected chi connectivity index (χ2v) is 10.4. The molecule has 102 valence electrons. The molecule has 0 aromatic carbocycles. The molecule has 0 spiro atoms. The molecule has 1 rings (SSSR count). The van der Waals surface area contributed by atoms with Crippen molar-refractivity contribution in [2.45, 2.75) is 46.2 Å². The molecule has 0 aromatic heterocycles. The van der Waals surface area contributed by atoms with Crippen molar-refractivity contribution < 1.29 is 0 Å². The number of rotatable bonds is 3. The Morgan fingerprint density at radius 3 is 1.71 bits per heavy atom. The van der Waals surface area contributed by atoms with Crippen LogP contribution in [0.25, 0.3) is 0 Å². The Morgan fingerprint density at radius 1 is 1.00 bits per heavy atom. The molecule has 1 fully saturated rings. The van der Waals surface area contributed by atoms with Crippen LogP contribution in [0, 0.1) is 0 Å². The summed E-state index contributed by atoms with van der Waals surface area (Å²) in [5, 5.41) is 0.322. The van der Waals surface area contributed by atoms with Gasteiger partial charge in [-0.1, -0.05) is 0 Å². The van der Waals surface area contributed by atoms with E-state index >= 15 is 0 Å². The van der Waals surface area contributed by atoms with Gasteiger partial charge >= 0.3 is 0 Å². The molecule has 1 saturated heterocycles. The molecule has 0 saturated carbocycles. The maximum atomic E-state index is 2.71. The largest absolute Gasteiger partial charge is 0.231 e. The smallest absolute Gasteiger partial charge is 0.151 e. The average Bonchev–Trinajstić information content (AvgIpc) is 2.21. The molecule has 0 N–H and O–H groups in total. The van der Waals surface area contributed by atoms with E-state index in [-0.39, 0.29) is 0 Å². The molecule has 1 heterocycles. The van der Waals surface area contributed by atoms with Crippen LogP contribution in [0.5, 0.6) is 0 Å². The molecule has 0 atom stereocenters. The first-order valence-corrected chi connectivity index (χ1v) is 8.54. The summed E-state index contributed by atoms with van der Waals surface area (Å²) < 4.78 is 8.03. The van der Waals surface area contributed by atoms with Crippen molar-refractivity contribution in [3.8, 4) is 0 Å². The summed E-state index contributed by atoms with van der Waals surface area (Å²) >= 11 is 0. The van der Waals surface area contributed by atoms with Crippen LogP contribution in [0.3, 0.4) is 0 Å². The quantitative estimate of drug-likeness (QED) is 0.722. The molecule has 0 unspecified atom stereocenters. The van der Waals surface area contributed by atoms with Gasteiger partial charge < -0.3 is 0 Å². The van der Waals surface area contributed by atoms with Gasteiger partial charge in [0.2, 0.25) is 7.71 Å². The van der Waals surface area contributed by atoms with Gasteiger partial charge in [0.15, 0.2) is 0 Å². The van der Waals surface area contributed by atoms with E-state index in [2.05, 4.69) is 62.7 Å². The van der Waals surface area contributed by atoms with Gasteiger partial charge in [-0.05, 0) is 41.0 Å². The lowest BCUT2D eigenvalue weighted by Gasteiger charge is -2.53. The van der Waals surface area contributed by atoms with Crippen LogP contribution < -0.4 is 0 Å². The zero-order valence-corrected chi connectivity index (χ0v) is 13.7. The molecule has 0 bridgehead atoms. The van der Waals surface area contributed by atoms with E-state index in [0.29, 0.717) is 5.16 Å². The minimum atomic E-state index is -1.37. The second-order valence-electron chi connectivity index (χ2n) is 5.99. The van der Waals surface area contributed by atoms with E-state index in [4.69, 9.17) is 0 Å². The van der Waals surface area contributed by atoms with Crippen molar-refractivity contribution in [1.29, 1.82) is 0 Å². The van der Waals surface area contributed by atoms with Crippen LogP contribution in [-0.4, -0.2) is 59.4 Å². The molecule has 1 aliphatic heterocycles. The third-order valence-electron chi connectivity index (χ3n) is 3.94. The number of nitrogens with zero attached hydrogens (tertiary/aromatic N) is 3. The fourth-order valence-corrected chi connectivity index (χ4v) is 9.48. The monoisotopic (exact) mass is 260 g/mol. The van der Waals surface area contributed by atoms with Crippen LogP contribution in [-0.2, 0) is 0 Å². The molecule has 0 amide bonds. The lowest BCUT2D eigenvalue weighted by molar-refractivity contribution is 0.287. The van der Waals surface area contributed by atoms with Crippen LogP contribution >= 0.6 is 7.71 Å². The average molecular weight is 260 g/mol. The lowest BCUT2D eigenvalue weighted by atomic mass is 10.3. The summed E-state index contributed by atoms with van der Waals surface area (Å²) in [6, 6.07) is 0. The summed E-state index contributed by atoms with van der Waals surface area (Å²) in [6.07, 6.45) is 1.30. The molecule has 1 aliphatic rings. The summed E-state index contributed by atoms with van der Waals surface area (Å²) in [4.78, 5) is 0. The maximum Gasteiger partial charge on any atom is 0.231 e. The molecule has 17 heavy (non-hydrogen) atoms. The van der Waals surface area contributed by atoms with E-state index in [1.54, 1.807) is 0 Å². The molecule has 0 radical (unpaired) electrons. The van der Waals surface area contributed by atoms with Crippen LogP contribution in [0.4, 0.5) is 0 Å². The highest BCUT2D eigenvalue weighted by atomic mass is 31.2. The van der Waals surface area contributed by atoms with E-state index < -0.39 is 7.71 Å². The van der Waals surface area contributed by atoms with Crippen LogP contribution in [0.1, 0.15) is 41.0 Å². The van der Waals surface area contributed by atoms with E-state index in [0.717, 1.165) is 13.1 Å². The third-order valence-corrected chi connectivity index (χ3v) is 9.40. The molecule has 4 heteroatoms. The maximum absolute atomic E-state index is 2.71. The predicted octanol–water partition coefficient (Wildman–Crippen LogP) is 3.16. The zero-order chi connectivity index (χ0) is 13.3.